The van der Waals surface area contributed by atoms with Crippen LogP contribution in [0.3, 0.4) is 0 Å². The fourth-order valence-corrected chi connectivity index (χ4v) is 2.57. The van der Waals surface area contributed by atoms with Crippen molar-refractivity contribution < 1.29 is 24.2 Å². The Bertz CT molecular complexity index is 470. The predicted octanol–water partition coefficient (Wildman–Crippen LogP) is 2.11. The highest BCUT2D eigenvalue weighted by molar-refractivity contribution is 5.82. The largest absolute Gasteiger partial charge is 0.481 e. The summed E-state index contributed by atoms with van der Waals surface area (Å²) in [6, 6.07) is 0. The lowest BCUT2D eigenvalue weighted by Gasteiger charge is -2.36. The molecule has 138 valence electrons. The van der Waals surface area contributed by atoms with Gasteiger partial charge in [0.1, 0.15) is 5.60 Å². The van der Waals surface area contributed by atoms with Crippen molar-refractivity contribution in [2.75, 3.05) is 19.6 Å². The van der Waals surface area contributed by atoms with Gasteiger partial charge < -0.3 is 20.1 Å². The molecule has 0 aromatic heterocycles. The average Bonchev–Trinajstić information content (AvgIpc) is 2.44. The number of piperidine rings is 1. The smallest absolute Gasteiger partial charge is 0.410 e. The number of nitrogens with one attached hydrogen (secondary N) is 1. The lowest BCUT2D eigenvalue weighted by Crippen LogP contribution is -2.51. The number of amides is 2. The molecule has 7 nitrogen and oxygen atoms in total. The van der Waals surface area contributed by atoms with Gasteiger partial charge in [-0.15, -0.1) is 0 Å². The van der Waals surface area contributed by atoms with Gasteiger partial charge in [-0.25, -0.2) is 4.79 Å². The van der Waals surface area contributed by atoms with Crippen molar-refractivity contribution in [3.63, 3.8) is 0 Å². The second-order valence-corrected chi connectivity index (χ2v) is 7.83. The number of carboxylic acid groups (broad SMARTS) is 1. The van der Waals surface area contributed by atoms with Crippen molar-refractivity contribution in [2.45, 2.75) is 53.1 Å². The zero-order valence-electron chi connectivity index (χ0n) is 15.3. The Morgan fingerprint density at radius 1 is 1.21 bits per heavy atom. The summed E-state index contributed by atoms with van der Waals surface area (Å²) in [6.45, 7) is 10.2. The van der Waals surface area contributed by atoms with E-state index in [4.69, 9.17) is 4.74 Å². The number of rotatable bonds is 5. The number of aliphatic carboxylic acids is 1. The minimum absolute atomic E-state index is 0.0695. The van der Waals surface area contributed by atoms with E-state index >= 15 is 0 Å². The van der Waals surface area contributed by atoms with E-state index in [9.17, 15) is 19.5 Å². The lowest BCUT2D eigenvalue weighted by molar-refractivity contribution is -0.145. The summed E-state index contributed by atoms with van der Waals surface area (Å²) in [4.78, 5) is 37.3. The summed E-state index contributed by atoms with van der Waals surface area (Å²) in [6.07, 6.45) is 0.520. The van der Waals surface area contributed by atoms with Crippen LogP contribution in [0.5, 0.6) is 0 Å². The van der Waals surface area contributed by atoms with Crippen LogP contribution in [0.1, 0.15) is 47.5 Å². The fourth-order valence-electron chi connectivity index (χ4n) is 2.57. The third-order valence-electron chi connectivity index (χ3n) is 3.84. The first-order valence-electron chi connectivity index (χ1n) is 8.48. The molecule has 1 heterocycles. The van der Waals surface area contributed by atoms with E-state index in [1.807, 2.05) is 0 Å². The van der Waals surface area contributed by atoms with Crippen LogP contribution in [-0.4, -0.2) is 53.2 Å². The van der Waals surface area contributed by atoms with E-state index in [-0.39, 0.29) is 25.4 Å². The molecule has 1 rings (SSSR count). The van der Waals surface area contributed by atoms with Crippen molar-refractivity contribution in [3.8, 4) is 0 Å². The molecule has 0 bridgehead atoms. The summed E-state index contributed by atoms with van der Waals surface area (Å²) in [5.41, 5.74) is -0.664. The molecule has 0 unspecified atom stereocenters. The highest BCUT2D eigenvalue weighted by Gasteiger charge is 2.38. The lowest BCUT2D eigenvalue weighted by atomic mass is 9.88. The first-order chi connectivity index (χ1) is 11.0. The molecular formula is C17H30N2O5. The number of hydrogen-bond acceptors (Lipinski definition) is 4. The molecular weight excluding hydrogens is 312 g/mol. The summed E-state index contributed by atoms with van der Waals surface area (Å²) < 4.78 is 5.31. The third kappa shape index (κ3) is 6.76. The Morgan fingerprint density at radius 3 is 2.29 bits per heavy atom. The number of nitrogens with zero attached hydrogens (tertiary/aromatic N) is 1. The molecule has 0 aromatic rings. The molecule has 0 spiro atoms. The highest BCUT2D eigenvalue weighted by Crippen LogP contribution is 2.24. The number of hydrogen-bond donors (Lipinski definition) is 2. The van der Waals surface area contributed by atoms with E-state index < -0.39 is 29.5 Å². The molecule has 1 saturated heterocycles. The molecule has 0 radical (unpaired) electrons. The van der Waals surface area contributed by atoms with Gasteiger partial charge in [0.2, 0.25) is 5.91 Å². The minimum atomic E-state index is -0.997. The normalized spacial score (nSPS) is 21.5. The van der Waals surface area contributed by atoms with Crippen molar-refractivity contribution in [1.82, 2.24) is 10.2 Å². The van der Waals surface area contributed by atoms with Gasteiger partial charge in [0.25, 0.3) is 0 Å². The Labute approximate surface area is 143 Å². The quantitative estimate of drug-likeness (QED) is 0.798. The van der Waals surface area contributed by atoms with Crippen LogP contribution in [0.15, 0.2) is 0 Å². The van der Waals surface area contributed by atoms with Crippen LogP contribution in [-0.2, 0) is 14.3 Å². The van der Waals surface area contributed by atoms with Crippen LogP contribution < -0.4 is 5.32 Å². The molecule has 1 aliphatic rings. The average molecular weight is 342 g/mol. The zero-order valence-corrected chi connectivity index (χ0v) is 15.3. The molecule has 0 aliphatic carbocycles. The van der Waals surface area contributed by atoms with E-state index in [1.54, 1.807) is 20.8 Å². The molecule has 1 fully saturated rings. The fraction of sp³-hybridized carbons (Fsp3) is 0.824. The summed E-state index contributed by atoms with van der Waals surface area (Å²) in [7, 11) is 0. The topological polar surface area (TPSA) is 95.9 Å². The van der Waals surface area contributed by atoms with E-state index in [0.717, 1.165) is 6.42 Å². The maximum Gasteiger partial charge on any atom is 0.410 e. The summed E-state index contributed by atoms with van der Waals surface area (Å²) >= 11 is 0. The molecule has 1 aliphatic heterocycles. The summed E-state index contributed by atoms with van der Waals surface area (Å²) in [5, 5.41) is 12.1. The first-order valence-corrected chi connectivity index (χ1v) is 8.48. The molecule has 2 atom stereocenters. The number of likely N-dealkylation sites (tertiary alicyclic amines) is 1. The maximum absolute atomic E-state index is 12.3. The van der Waals surface area contributed by atoms with Crippen LogP contribution in [0.2, 0.25) is 0 Å². The molecule has 0 saturated carbocycles. The number of carbonyl (C=O) groups excluding carboxylic acids is 2. The monoisotopic (exact) mass is 342 g/mol. The number of carbonyl (C=O) groups is 3. The number of carboxylic acids is 1. The third-order valence-corrected chi connectivity index (χ3v) is 3.84. The molecule has 2 N–H and O–H groups in total. The predicted molar refractivity (Wildman–Crippen MR) is 89.5 cm³/mol. The zero-order chi connectivity index (χ0) is 18.5. The van der Waals surface area contributed by atoms with Gasteiger partial charge in [-0.3, -0.25) is 9.59 Å². The molecule has 0 aromatic carbocycles. The Morgan fingerprint density at radius 2 is 1.79 bits per heavy atom. The van der Waals surface area contributed by atoms with Crippen LogP contribution in [0, 0.1) is 17.8 Å². The van der Waals surface area contributed by atoms with Crippen molar-refractivity contribution in [3.05, 3.63) is 0 Å². The first kappa shape index (κ1) is 20.3. The van der Waals surface area contributed by atoms with Crippen molar-refractivity contribution >= 4 is 18.0 Å². The highest BCUT2D eigenvalue weighted by atomic mass is 16.6. The molecule has 2 amide bonds. The molecule has 7 heteroatoms. The van der Waals surface area contributed by atoms with Gasteiger partial charge in [0.05, 0.1) is 11.8 Å². The molecule has 24 heavy (non-hydrogen) atoms. The van der Waals surface area contributed by atoms with Crippen LogP contribution >= 0.6 is 0 Å². The van der Waals surface area contributed by atoms with Crippen LogP contribution in [0.25, 0.3) is 0 Å². The van der Waals surface area contributed by atoms with Crippen molar-refractivity contribution in [2.24, 2.45) is 17.8 Å². The van der Waals surface area contributed by atoms with E-state index in [0.29, 0.717) is 12.5 Å². The Kier molecular flexibility index (Phi) is 7.05. The minimum Gasteiger partial charge on any atom is -0.481 e. The Hall–Kier alpha value is -1.79. The van der Waals surface area contributed by atoms with E-state index in [2.05, 4.69) is 19.2 Å². The second-order valence-electron chi connectivity index (χ2n) is 7.83. The second kappa shape index (κ2) is 8.35. The van der Waals surface area contributed by atoms with Crippen molar-refractivity contribution in [1.29, 1.82) is 0 Å². The Balaban J connectivity index is 2.73. The van der Waals surface area contributed by atoms with Crippen LogP contribution in [0.4, 0.5) is 4.79 Å². The summed E-state index contributed by atoms with van der Waals surface area (Å²) in [5.74, 6) is -2.01. The van der Waals surface area contributed by atoms with Gasteiger partial charge in [-0.2, -0.15) is 0 Å². The van der Waals surface area contributed by atoms with Gasteiger partial charge >= 0.3 is 12.1 Å². The standard InChI is InChI=1S/C17H30N2O5/c1-11(2)6-7-18-14(20)12-8-13(15(21)22)10-19(9-12)16(23)24-17(3,4)5/h11-13H,6-10H2,1-5H3,(H,18,20)(H,21,22)/t12-,13+/m0/s1. The van der Waals surface area contributed by atoms with Gasteiger partial charge in [-0.1, -0.05) is 13.8 Å². The van der Waals surface area contributed by atoms with Gasteiger partial charge in [0.15, 0.2) is 0 Å². The van der Waals surface area contributed by atoms with E-state index in [1.165, 1.54) is 4.90 Å². The maximum atomic E-state index is 12.3. The number of ether oxygens (including phenoxy) is 1. The van der Waals surface area contributed by atoms with Gasteiger partial charge in [-0.05, 0) is 39.5 Å². The SMILES string of the molecule is CC(C)CCNC(=O)[C@H]1C[C@@H](C(=O)O)CN(C(=O)OC(C)(C)C)C1. The van der Waals surface area contributed by atoms with Gasteiger partial charge in [0, 0.05) is 19.6 Å².